The van der Waals surface area contributed by atoms with E-state index in [-0.39, 0.29) is 18.4 Å². The summed E-state index contributed by atoms with van der Waals surface area (Å²) in [6.45, 7) is 3.87. The zero-order chi connectivity index (χ0) is 20.7. The summed E-state index contributed by atoms with van der Waals surface area (Å²) in [5, 5.41) is 0.462. The Morgan fingerprint density at radius 2 is 1.83 bits per heavy atom. The summed E-state index contributed by atoms with van der Waals surface area (Å²) < 4.78 is 18.9. The van der Waals surface area contributed by atoms with Crippen molar-refractivity contribution in [2.24, 2.45) is 0 Å². The van der Waals surface area contributed by atoms with E-state index in [0.717, 1.165) is 11.3 Å². The predicted molar refractivity (Wildman–Crippen MR) is 112 cm³/mol. The molecule has 0 N–H and O–H groups in total. The van der Waals surface area contributed by atoms with Crippen molar-refractivity contribution >= 4 is 34.6 Å². The number of carbonyl (C=O) groups is 1. The summed E-state index contributed by atoms with van der Waals surface area (Å²) in [5.74, 6) is -0.00950. The Balaban J connectivity index is 1.88. The molecule has 2 heterocycles. The van der Waals surface area contributed by atoms with Crippen LogP contribution < -0.4 is 14.5 Å². The number of rotatable bonds is 3. The molecule has 0 fully saturated rings. The first kappa shape index (κ1) is 19.2. The van der Waals surface area contributed by atoms with Crippen molar-refractivity contribution in [3.63, 3.8) is 0 Å². The van der Waals surface area contributed by atoms with Crippen LogP contribution in [0.2, 0.25) is 5.02 Å². The van der Waals surface area contributed by atoms with E-state index in [0.29, 0.717) is 33.5 Å². The summed E-state index contributed by atoms with van der Waals surface area (Å²) in [5.41, 5.74) is 3.95. The van der Waals surface area contributed by atoms with Crippen molar-refractivity contribution in [3.05, 3.63) is 76.2 Å². The number of ether oxygens (including phenoxy) is 1. The van der Waals surface area contributed by atoms with Crippen LogP contribution >= 0.6 is 11.6 Å². The SMILES string of the molecule is COc1ccc(N2CN(c3ccc(F)cc3C)c3c(Cl)cccc3C2=O)c(C)n1. The number of amides is 1. The monoisotopic (exact) mass is 411 g/mol. The van der Waals surface area contributed by atoms with Crippen molar-refractivity contribution in [1.82, 2.24) is 4.98 Å². The smallest absolute Gasteiger partial charge is 0.262 e. The Hall–Kier alpha value is -3.12. The fourth-order valence-electron chi connectivity index (χ4n) is 3.62. The van der Waals surface area contributed by atoms with E-state index in [2.05, 4.69) is 4.98 Å². The van der Waals surface area contributed by atoms with Crippen LogP contribution in [-0.4, -0.2) is 24.7 Å². The third-order valence-corrected chi connectivity index (χ3v) is 5.30. The number of benzene rings is 2. The van der Waals surface area contributed by atoms with E-state index in [1.54, 1.807) is 42.3 Å². The molecular weight excluding hydrogens is 393 g/mol. The van der Waals surface area contributed by atoms with Gasteiger partial charge in [0.15, 0.2) is 0 Å². The van der Waals surface area contributed by atoms with E-state index in [4.69, 9.17) is 16.3 Å². The van der Waals surface area contributed by atoms with Crippen LogP contribution in [-0.2, 0) is 0 Å². The Kier molecular flexibility index (Phi) is 4.88. The average Bonchev–Trinajstić information content (AvgIpc) is 2.69. The first-order valence-corrected chi connectivity index (χ1v) is 9.44. The van der Waals surface area contributed by atoms with E-state index in [9.17, 15) is 9.18 Å². The van der Waals surface area contributed by atoms with Gasteiger partial charge in [-0.2, -0.15) is 0 Å². The molecule has 3 aromatic rings. The van der Waals surface area contributed by atoms with Crippen molar-refractivity contribution in [2.45, 2.75) is 13.8 Å². The molecule has 0 radical (unpaired) electrons. The summed E-state index contributed by atoms with van der Waals surface area (Å²) >= 11 is 6.48. The van der Waals surface area contributed by atoms with Crippen LogP contribution in [0.15, 0.2) is 48.5 Å². The minimum absolute atomic E-state index is 0.173. The number of carbonyl (C=O) groups excluding carboxylic acids is 1. The van der Waals surface area contributed by atoms with E-state index in [1.807, 2.05) is 24.8 Å². The van der Waals surface area contributed by atoms with Crippen LogP contribution in [0.5, 0.6) is 5.88 Å². The van der Waals surface area contributed by atoms with E-state index >= 15 is 0 Å². The van der Waals surface area contributed by atoms with E-state index in [1.165, 1.54) is 12.1 Å². The number of hydrogen-bond acceptors (Lipinski definition) is 4. The summed E-state index contributed by atoms with van der Waals surface area (Å²) in [4.78, 5) is 21.3. The normalized spacial score (nSPS) is 13.5. The number of hydrogen-bond donors (Lipinski definition) is 0. The second kappa shape index (κ2) is 7.37. The highest BCUT2D eigenvalue weighted by atomic mass is 35.5. The molecule has 1 amide bonds. The standard InChI is InChI=1S/C22H19ClFN3O2/c1-13-11-15(24)7-8-18(13)26-12-27(19-9-10-20(29-3)25-14(19)2)22(28)16-5-4-6-17(23)21(16)26/h4-11H,12H2,1-3H3. The molecular formula is C22H19ClFN3O2. The molecule has 2 aromatic carbocycles. The molecule has 5 nitrogen and oxygen atoms in total. The maximum absolute atomic E-state index is 13.7. The average molecular weight is 412 g/mol. The number of methoxy groups -OCH3 is 1. The lowest BCUT2D eigenvalue weighted by Crippen LogP contribution is -2.45. The Labute approximate surface area is 173 Å². The van der Waals surface area contributed by atoms with Crippen LogP contribution in [0.1, 0.15) is 21.6 Å². The number of nitrogens with zero attached hydrogens (tertiary/aromatic N) is 3. The number of anilines is 3. The van der Waals surface area contributed by atoms with Crippen molar-refractivity contribution < 1.29 is 13.9 Å². The van der Waals surface area contributed by atoms with Crippen LogP contribution in [0.3, 0.4) is 0 Å². The molecule has 1 aliphatic rings. The Morgan fingerprint density at radius 1 is 1.07 bits per heavy atom. The maximum Gasteiger partial charge on any atom is 0.262 e. The van der Waals surface area contributed by atoms with Gasteiger partial charge in [0.1, 0.15) is 12.5 Å². The lowest BCUT2D eigenvalue weighted by molar-refractivity contribution is 0.0983. The largest absolute Gasteiger partial charge is 0.481 e. The molecule has 1 aromatic heterocycles. The molecule has 148 valence electrons. The van der Waals surface area contributed by atoms with Gasteiger partial charge in [0.2, 0.25) is 5.88 Å². The minimum Gasteiger partial charge on any atom is -0.481 e. The highest BCUT2D eigenvalue weighted by Crippen LogP contribution is 2.41. The molecule has 0 aliphatic carbocycles. The molecule has 7 heteroatoms. The Morgan fingerprint density at radius 3 is 2.52 bits per heavy atom. The lowest BCUT2D eigenvalue weighted by atomic mass is 10.0. The molecule has 0 saturated carbocycles. The molecule has 0 unspecified atom stereocenters. The Bertz CT molecular complexity index is 1120. The third kappa shape index (κ3) is 3.29. The van der Waals surface area contributed by atoms with Crippen molar-refractivity contribution in [1.29, 1.82) is 0 Å². The van der Waals surface area contributed by atoms with Gasteiger partial charge in [-0.25, -0.2) is 9.37 Å². The fourth-order valence-corrected chi connectivity index (χ4v) is 3.89. The summed E-state index contributed by atoms with van der Waals surface area (Å²) in [6.07, 6.45) is 0. The van der Waals surface area contributed by atoms with Gasteiger partial charge in [-0.3, -0.25) is 9.69 Å². The topological polar surface area (TPSA) is 45.7 Å². The first-order chi connectivity index (χ1) is 13.9. The van der Waals surface area contributed by atoms with Gasteiger partial charge in [-0.1, -0.05) is 17.7 Å². The van der Waals surface area contributed by atoms with E-state index < -0.39 is 0 Å². The second-order valence-corrected chi connectivity index (χ2v) is 7.23. The number of aryl methyl sites for hydroxylation is 2. The molecule has 0 saturated heterocycles. The fraction of sp³-hybridized carbons (Fsp3) is 0.182. The lowest BCUT2D eigenvalue weighted by Gasteiger charge is -2.39. The number of halogens is 2. The molecule has 4 rings (SSSR count). The molecule has 0 spiro atoms. The predicted octanol–water partition coefficient (Wildman–Crippen LogP) is 5.26. The molecule has 29 heavy (non-hydrogen) atoms. The van der Waals surface area contributed by atoms with Crippen molar-refractivity contribution in [2.75, 3.05) is 23.6 Å². The second-order valence-electron chi connectivity index (χ2n) is 6.83. The first-order valence-electron chi connectivity index (χ1n) is 9.06. The van der Waals surface area contributed by atoms with Crippen LogP contribution in [0.4, 0.5) is 21.5 Å². The number of aromatic nitrogens is 1. The quantitative estimate of drug-likeness (QED) is 0.590. The zero-order valence-corrected chi connectivity index (χ0v) is 17.0. The van der Waals surface area contributed by atoms with Gasteiger partial charge in [0.05, 0.1) is 34.8 Å². The van der Waals surface area contributed by atoms with Crippen LogP contribution in [0.25, 0.3) is 0 Å². The van der Waals surface area contributed by atoms with Gasteiger partial charge in [-0.05, 0) is 55.8 Å². The van der Waals surface area contributed by atoms with Gasteiger partial charge >= 0.3 is 0 Å². The van der Waals surface area contributed by atoms with Gasteiger partial charge < -0.3 is 9.64 Å². The van der Waals surface area contributed by atoms with Gasteiger partial charge in [-0.15, -0.1) is 0 Å². The number of fused-ring (bicyclic) bond motifs is 1. The number of para-hydroxylation sites is 1. The van der Waals surface area contributed by atoms with Crippen molar-refractivity contribution in [3.8, 4) is 5.88 Å². The molecule has 0 atom stereocenters. The highest BCUT2D eigenvalue weighted by Gasteiger charge is 2.34. The highest BCUT2D eigenvalue weighted by molar-refractivity contribution is 6.35. The third-order valence-electron chi connectivity index (χ3n) is 5.00. The van der Waals surface area contributed by atoms with Gasteiger partial charge in [0, 0.05) is 11.8 Å². The summed E-state index contributed by atoms with van der Waals surface area (Å²) in [6, 6.07) is 13.3. The van der Waals surface area contributed by atoms with Crippen LogP contribution in [0, 0.1) is 19.7 Å². The molecule has 0 bridgehead atoms. The molecule has 1 aliphatic heterocycles. The summed E-state index contributed by atoms with van der Waals surface area (Å²) in [7, 11) is 1.55. The zero-order valence-electron chi connectivity index (χ0n) is 16.2. The number of pyridine rings is 1. The van der Waals surface area contributed by atoms with Gasteiger partial charge in [0.25, 0.3) is 5.91 Å². The minimum atomic E-state index is -0.314. The maximum atomic E-state index is 13.7.